The van der Waals surface area contributed by atoms with Crippen LogP contribution in [0.5, 0.6) is 0 Å². The van der Waals surface area contributed by atoms with E-state index < -0.39 is 10.0 Å². The number of amides is 1. The zero-order valence-electron chi connectivity index (χ0n) is 13.5. The predicted molar refractivity (Wildman–Crippen MR) is 91.0 cm³/mol. The van der Waals surface area contributed by atoms with Gasteiger partial charge in [0.15, 0.2) is 0 Å². The van der Waals surface area contributed by atoms with Crippen molar-refractivity contribution in [1.82, 2.24) is 9.21 Å². The Kier molecular flexibility index (Phi) is 5.08. The van der Waals surface area contributed by atoms with Crippen LogP contribution in [0.4, 0.5) is 0 Å². The minimum absolute atomic E-state index is 0.169. The smallest absolute Gasteiger partial charge is 0.252 e. The molecule has 23 heavy (non-hydrogen) atoms. The van der Waals surface area contributed by atoms with Crippen molar-refractivity contribution in [3.05, 3.63) is 17.0 Å². The topological polar surface area (TPSA) is 57.7 Å². The monoisotopic (exact) mass is 356 g/mol. The largest absolute Gasteiger partial charge is 0.340 e. The number of carbonyl (C=O) groups is 1. The molecule has 1 amide bonds. The van der Waals surface area contributed by atoms with E-state index in [1.54, 1.807) is 6.07 Å². The molecule has 0 radical (unpaired) electrons. The average molecular weight is 357 g/mol. The van der Waals surface area contributed by atoms with Crippen LogP contribution in [0.15, 0.2) is 16.3 Å². The number of sulfonamides is 1. The number of hydrogen-bond acceptors (Lipinski definition) is 4. The molecule has 0 N–H and O–H groups in total. The summed E-state index contributed by atoms with van der Waals surface area (Å²) < 4.78 is 27.3. The molecule has 2 aliphatic rings. The molecule has 1 aliphatic carbocycles. The van der Waals surface area contributed by atoms with Crippen LogP contribution in [0.3, 0.4) is 0 Å². The highest BCUT2D eigenvalue weighted by molar-refractivity contribution is 7.91. The van der Waals surface area contributed by atoms with Gasteiger partial charge in [0.2, 0.25) is 5.91 Å². The molecule has 128 valence electrons. The van der Waals surface area contributed by atoms with E-state index in [2.05, 4.69) is 0 Å². The van der Waals surface area contributed by atoms with Crippen molar-refractivity contribution in [3.63, 3.8) is 0 Å². The molecule has 5 nitrogen and oxygen atoms in total. The van der Waals surface area contributed by atoms with Gasteiger partial charge in [0.25, 0.3) is 10.0 Å². The summed E-state index contributed by atoms with van der Waals surface area (Å²) >= 11 is 1.35. The molecule has 3 rings (SSSR count). The molecular formula is C16H24N2O3S2. The number of rotatable bonds is 4. The number of piperazine rings is 1. The van der Waals surface area contributed by atoms with Crippen LogP contribution < -0.4 is 0 Å². The first-order valence-corrected chi connectivity index (χ1v) is 10.7. The molecule has 2 fully saturated rings. The van der Waals surface area contributed by atoms with Crippen LogP contribution >= 0.6 is 11.3 Å². The summed E-state index contributed by atoms with van der Waals surface area (Å²) in [6.07, 6.45) is 5.12. The minimum atomic E-state index is -3.41. The van der Waals surface area contributed by atoms with Crippen LogP contribution in [0.25, 0.3) is 0 Å². The molecule has 0 unspecified atom stereocenters. The van der Waals surface area contributed by atoms with Crippen molar-refractivity contribution >= 4 is 27.3 Å². The number of thiophene rings is 1. The number of carbonyl (C=O) groups excluding carboxylic acids is 1. The van der Waals surface area contributed by atoms with Gasteiger partial charge in [-0.2, -0.15) is 4.31 Å². The van der Waals surface area contributed by atoms with Crippen molar-refractivity contribution in [3.8, 4) is 0 Å². The summed E-state index contributed by atoms with van der Waals surface area (Å²) in [6, 6.07) is 3.59. The molecular weight excluding hydrogens is 332 g/mol. The molecule has 1 aliphatic heterocycles. The molecule has 1 saturated carbocycles. The Bertz CT molecular complexity index is 655. The van der Waals surface area contributed by atoms with Gasteiger partial charge in [0, 0.05) is 37.0 Å². The maximum absolute atomic E-state index is 12.7. The van der Waals surface area contributed by atoms with Gasteiger partial charge in [-0.3, -0.25) is 4.79 Å². The lowest BCUT2D eigenvalue weighted by molar-refractivity contribution is -0.136. The normalized spacial score (nSPS) is 21.0. The van der Waals surface area contributed by atoms with Crippen molar-refractivity contribution in [2.45, 2.75) is 43.2 Å². The van der Waals surface area contributed by atoms with E-state index in [4.69, 9.17) is 0 Å². The lowest BCUT2D eigenvalue weighted by Gasteiger charge is -2.35. The number of nitrogens with zero attached hydrogens (tertiary/aromatic N) is 2. The molecule has 1 aromatic heterocycles. The molecule has 7 heteroatoms. The third-order valence-corrected chi connectivity index (χ3v) is 8.43. The summed E-state index contributed by atoms with van der Waals surface area (Å²) in [5.41, 5.74) is 0. The zero-order valence-corrected chi connectivity index (χ0v) is 15.2. The van der Waals surface area contributed by atoms with Crippen LogP contribution in [-0.2, 0) is 21.2 Å². The fourth-order valence-electron chi connectivity index (χ4n) is 3.39. The second-order valence-electron chi connectivity index (χ2n) is 6.29. The summed E-state index contributed by atoms with van der Waals surface area (Å²) in [6.45, 7) is 3.86. The van der Waals surface area contributed by atoms with E-state index >= 15 is 0 Å². The van der Waals surface area contributed by atoms with Gasteiger partial charge in [0.05, 0.1) is 0 Å². The Labute approximate surface area is 142 Å². The highest BCUT2D eigenvalue weighted by atomic mass is 32.2. The van der Waals surface area contributed by atoms with Crippen LogP contribution in [0, 0.1) is 5.92 Å². The third-order valence-electron chi connectivity index (χ3n) is 4.83. The fourth-order valence-corrected chi connectivity index (χ4v) is 6.27. The molecule has 0 bridgehead atoms. The van der Waals surface area contributed by atoms with E-state index in [-0.39, 0.29) is 11.8 Å². The molecule has 0 atom stereocenters. The summed E-state index contributed by atoms with van der Waals surface area (Å²) in [7, 11) is -3.41. The second kappa shape index (κ2) is 6.91. The Morgan fingerprint density at radius 2 is 1.83 bits per heavy atom. The summed E-state index contributed by atoms with van der Waals surface area (Å²) in [5.74, 6) is 0.395. The first-order chi connectivity index (χ1) is 11.0. The SMILES string of the molecule is CCc1ccc(S(=O)(=O)N2CCN(C(=O)C3CCCC3)CC2)s1. The Hall–Kier alpha value is -0.920. The molecule has 1 aromatic rings. The predicted octanol–water partition coefficient (Wildman–Crippen LogP) is 2.33. The highest BCUT2D eigenvalue weighted by Crippen LogP contribution is 2.29. The van der Waals surface area contributed by atoms with Crippen molar-refractivity contribution in [1.29, 1.82) is 0 Å². The summed E-state index contributed by atoms with van der Waals surface area (Å²) in [5, 5.41) is 0. The average Bonchev–Trinajstić information content (AvgIpc) is 3.25. The Balaban J connectivity index is 1.62. The van der Waals surface area contributed by atoms with Crippen molar-refractivity contribution in [2.24, 2.45) is 5.92 Å². The van der Waals surface area contributed by atoms with Gasteiger partial charge in [0.1, 0.15) is 4.21 Å². The van der Waals surface area contributed by atoms with Crippen LogP contribution in [-0.4, -0.2) is 49.7 Å². The first kappa shape index (κ1) is 16.9. The third kappa shape index (κ3) is 3.46. The van der Waals surface area contributed by atoms with Gasteiger partial charge in [-0.1, -0.05) is 19.8 Å². The van der Waals surface area contributed by atoms with Crippen LogP contribution in [0.1, 0.15) is 37.5 Å². The molecule has 0 aromatic carbocycles. The van der Waals surface area contributed by atoms with Crippen molar-refractivity contribution < 1.29 is 13.2 Å². The maximum atomic E-state index is 12.7. The van der Waals surface area contributed by atoms with E-state index in [9.17, 15) is 13.2 Å². The van der Waals surface area contributed by atoms with Gasteiger partial charge < -0.3 is 4.90 Å². The quantitative estimate of drug-likeness (QED) is 0.832. The van der Waals surface area contributed by atoms with Gasteiger partial charge in [-0.25, -0.2) is 8.42 Å². The van der Waals surface area contributed by atoms with Gasteiger partial charge in [-0.15, -0.1) is 11.3 Å². The maximum Gasteiger partial charge on any atom is 0.252 e. The Morgan fingerprint density at radius 1 is 1.17 bits per heavy atom. The summed E-state index contributed by atoms with van der Waals surface area (Å²) in [4.78, 5) is 15.4. The van der Waals surface area contributed by atoms with E-state index in [1.165, 1.54) is 15.6 Å². The van der Waals surface area contributed by atoms with E-state index in [0.29, 0.717) is 30.4 Å². The second-order valence-corrected chi connectivity index (χ2v) is 9.62. The number of hydrogen-bond donors (Lipinski definition) is 0. The Morgan fingerprint density at radius 3 is 2.39 bits per heavy atom. The highest BCUT2D eigenvalue weighted by Gasteiger charge is 2.33. The van der Waals surface area contributed by atoms with Gasteiger partial charge >= 0.3 is 0 Å². The van der Waals surface area contributed by atoms with Crippen LogP contribution in [0.2, 0.25) is 0 Å². The fraction of sp³-hybridized carbons (Fsp3) is 0.688. The number of aryl methyl sites for hydroxylation is 1. The molecule has 0 spiro atoms. The molecule has 1 saturated heterocycles. The first-order valence-electron chi connectivity index (χ1n) is 8.40. The minimum Gasteiger partial charge on any atom is -0.340 e. The van der Waals surface area contributed by atoms with Gasteiger partial charge in [-0.05, 0) is 31.4 Å². The lowest BCUT2D eigenvalue weighted by atomic mass is 10.1. The van der Waals surface area contributed by atoms with E-state index in [0.717, 1.165) is 37.0 Å². The molecule has 2 heterocycles. The zero-order chi connectivity index (χ0) is 16.4. The van der Waals surface area contributed by atoms with Crippen molar-refractivity contribution in [2.75, 3.05) is 26.2 Å². The van der Waals surface area contributed by atoms with E-state index in [1.807, 2.05) is 17.9 Å². The standard InChI is InChI=1S/C16H24N2O3S2/c1-2-14-7-8-15(22-14)23(20,21)18-11-9-17(10-12-18)16(19)13-5-3-4-6-13/h7-8,13H,2-6,9-12H2,1H3. The lowest BCUT2D eigenvalue weighted by Crippen LogP contribution is -2.51.